The average molecular weight is 200 g/mol. The van der Waals surface area contributed by atoms with Gasteiger partial charge in [0.05, 0.1) is 23.0 Å². The molecule has 2 rings (SSSR count). The van der Waals surface area contributed by atoms with Gasteiger partial charge in [-0.1, -0.05) is 11.6 Å². The Morgan fingerprint density at radius 3 is 3.00 bits per heavy atom. The third-order valence-corrected chi connectivity index (χ3v) is 2.87. The molecule has 1 aromatic heterocycles. The molecule has 1 fully saturated rings. The first-order valence-electron chi connectivity index (χ1n) is 4.70. The summed E-state index contributed by atoms with van der Waals surface area (Å²) < 4.78 is 1.89. The van der Waals surface area contributed by atoms with E-state index in [1.165, 1.54) is 12.8 Å². The Labute approximate surface area is 82.9 Å². The zero-order chi connectivity index (χ0) is 9.42. The van der Waals surface area contributed by atoms with Crippen molar-refractivity contribution in [1.82, 2.24) is 9.78 Å². The van der Waals surface area contributed by atoms with Crippen molar-refractivity contribution < 1.29 is 0 Å². The first kappa shape index (κ1) is 9.03. The molecule has 3 nitrogen and oxygen atoms in total. The molecule has 1 unspecified atom stereocenters. The van der Waals surface area contributed by atoms with Crippen LogP contribution >= 0.6 is 11.6 Å². The second-order valence-electron chi connectivity index (χ2n) is 3.56. The van der Waals surface area contributed by atoms with E-state index in [1.54, 1.807) is 6.20 Å². The van der Waals surface area contributed by atoms with Crippen LogP contribution in [0.15, 0.2) is 6.20 Å². The van der Waals surface area contributed by atoms with E-state index in [-0.39, 0.29) is 6.04 Å². The lowest BCUT2D eigenvalue weighted by molar-refractivity contribution is 0.535. The zero-order valence-corrected chi connectivity index (χ0v) is 8.46. The van der Waals surface area contributed by atoms with Crippen LogP contribution in [0.5, 0.6) is 0 Å². The van der Waals surface area contributed by atoms with Crippen LogP contribution in [0, 0.1) is 5.92 Å². The average Bonchev–Trinajstić information content (AvgIpc) is 2.89. The molecular formula is C9H14ClN3. The first-order chi connectivity index (χ1) is 6.24. The van der Waals surface area contributed by atoms with E-state index in [0.717, 1.165) is 12.2 Å². The summed E-state index contributed by atoms with van der Waals surface area (Å²) >= 11 is 6.03. The molecule has 0 amide bonds. The number of hydrogen-bond acceptors (Lipinski definition) is 2. The van der Waals surface area contributed by atoms with Crippen LogP contribution in [0.25, 0.3) is 0 Å². The SMILES string of the molecule is CCn1ncc(Cl)c1C(N)C1CC1. The zero-order valence-electron chi connectivity index (χ0n) is 7.70. The van der Waals surface area contributed by atoms with Gasteiger partial charge in [0.25, 0.3) is 0 Å². The summed E-state index contributed by atoms with van der Waals surface area (Å²) in [6, 6.07) is 0.0787. The van der Waals surface area contributed by atoms with E-state index in [2.05, 4.69) is 5.10 Å². The molecule has 1 aromatic rings. The number of aromatic nitrogens is 2. The minimum Gasteiger partial charge on any atom is -0.322 e. The maximum Gasteiger partial charge on any atom is 0.0834 e. The predicted molar refractivity (Wildman–Crippen MR) is 52.6 cm³/mol. The number of halogens is 1. The Hall–Kier alpha value is -0.540. The number of aryl methyl sites for hydroxylation is 1. The Bertz CT molecular complexity index is 304. The highest BCUT2D eigenvalue weighted by Gasteiger charge is 2.32. The Balaban J connectivity index is 2.29. The summed E-state index contributed by atoms with van der Waals surface area (Å²) in [4.78, 5) is 0. The van der Waals surface area contributed by atoms with Crippen LogP contribution in [0.4, 0.5) is 0 Å². The minimum atomic E-state index is 0.0787. The molecule has 0 radical (unpaired) electrons. The first-order valence-corrected chi connectivity index (χ1v) is 5.08. The van der Waals surface area contributed by atoms with Crippen LogP contribution in [0.3, 0.4) is 0 Å². The molecule has 4 heteroatoms. The van der Waals surface area contributed by atoms with E-state index < -0.39 is 0 Å². The third kappa shape index (κ3) is 1.58. The standard InChI is InChI=1S/C9H14ClN3/c1-2-13-9(7(10)5-12-13)8(11)6-3-4-6/h5-6,8H,2-4,11H2,1H3. The molecule has 72 valence electrons. The van der Waals surface area contributed by atoms with Gasteiger partial charge >= 0.3 is 0 Å². The van der Waals surface area contributed by atoms with Gasteiger partial charge in [-0.2, -0.15) is 5.10 Å². The second-order valence-corrected chi connectivity index (χ2v) is 3.96. The molecule has 13 heavy (non-hydrogen) atoms. The monoisotopic (exact) mass is 199 g/mol. The molecule has 0 aromatic carbocycles. The number of rotatable bonds is 3. The van der Waals surface area contributed by atoms with Crippen LogP contribution in [-0.2, 0) is 6.54 Å². The van der Waals surface area contributed by atoms with E-state index in [1.807, 2.05) is 11.6 Å². The predicted octanol–water partition coefficient (Wildman–Crippen LogP) is 1.97. The fourth-order valence-corrected chi connectivity index (χ4v) is 1.90. The van der Waals surface area contributed by atoms with Crippen LogP contribution < -0.4 is 5.73 Å². The summed E-state index contributed by atoms with van der Waals surface area (Å²) in [5.41, 5.74) is 7.08. The normalized spacial score (nSPS) is 19.0. The molecule has 0 aliphatic heterocycles. The second kappa shape index (κ2) is 3.31. The maximum atomic E-state index is 6.08. The summed E-state index contributed by atoms with van der Waals surface area (Å²) in [5, 5.41) is 4.88. The Morgan fingerprint density at radius 2 is 2.46 bits per heavy atom. The van der Waals surface area contributed by atoms with Crippen molar-refractivity contribution in [1.29, 1.82) is 0 Å². The molecule has 2 N–H and O–H groups in total. The smallest absolute Gasteiger partial charge is 0.0834 e. The highest BCUT2D eigenvalue weighted by Crippen LogP contribution is 2.41. The van der Waals surface area contributed by atoms with Crippen molar-refractivity contribution >= 4 is 11.6 Å². The van der Waals surface area contributed by atoms with Crippen molar-refractivity contribution in [3.05, 3.63) is 16.9 Å². The van der Waals surface area contributed by atoms with Crippen molar-refractivity contribution in [2.24, 2.45) is 11.7 Å². The third-order valence-electron chi connectivity index (χ3n) is 2.58. The molecule has 1 aliphatic rings. The number of hydrogen-bond donors (Lipinski definition) is 1. The van der Waals surface area contributed by atoms with E-state index in [0.29, 0.717) is 10.9 Å². The topological polar surface area (TPSA) is 43.8 Å². The van der Waals surface area contributed by atoms with E-state index >= 15 is 0 Å². The molecular weight excluding hydrogens is 186 g/mol. The number of nitrogens with zero attached hydrogens (tertiary/aromatic N) is 2. The lowest BCUT2D eigenvalue weighted by atomic mass is 10.1. The van der Waals surface area contributed by atoms with Gasteiger partial charge in [0.15, 0.2) is 0 Å². The van der Waals surface area contributed by atoms with Crippen molar-refractivity contribution in [3.8, 4) is 0 Å². The van der Waals surface area contributed by atoms with Crippen LogP contribution in [0.2, 0.25) is 5.02 Å². The quantitative estimate of drug-likeness (QED) is 0.809. The molecule has 1 aliphatic carbocycles. The van der Waals surface area contributed by atoms with Crippen molar-refractivity contribution in [2.45, 2.75) is 32.4 Å². The molecule has 0 bridgehead atoms. The van der Waals surface area contributed by atoms with Crippen molar-refractivity contribution in [2.75, 3.05) is 0 Å². The molecule has 1 saturated carbocycles. The summed E-state index contributed by atoms with van der Waals surface area (Å²) in [5.74, 6) is 0.625. The number of nitrogens with two attached hydrogens (primary N) is 1. The fraction of sp³-hybridized carbons (Fsp3) is 0.667. The van der Waals surface area contributed by atoms with E-state index in [4.69, 9.17) is 17.3 Å². The summed E-state index contributed by atoms with van der Waals surface area (Å²) in [6.07, 6.45) is 4.14. The van der Waals surface area contributed by atoms with Gasteiger partial charge in [0, 0.05) is 6.54 Å². The molecule has 0 saturated heterocycles. The fourth-order valence-electron chi connectivity index (χ4n) is 1.63. The highest BCUT2D eigenvalue weighted by molar-refractivity contribution is 6.31. The Kier molecular flexibility index (Phi) is 2.30. The highest BCUT2D eigenvalue weighted by atomic mass is 35.5. The van der Waals surface area contributed by atoms with Gasteiger partial charge in [-0.3, -0.25) is 4.68 Å². The maximum absolute atomic E-state index is 6.08. The van der Waals surface area contributed by atoms with E-state index in [9.17, 15) is 0 Å². The molecule has 1 heterocycles. The van der Waals surface area contributed by atoms with Gasteiger partial charge in [-0.05, 0) is 25.7 Å². The lowest BCUT2D eigenvalue weighted by Gasteiger charge is -2.12. The summed E-state index contributed by atoms with van der Waals surface area (Å²) in [6.45, 7) is 2.88. The summed E-state index contributed by atoms with van der Waals surface area (Å²) in [7, 11) is 0. The van der Waals surface area contributed by atoms with Gasteiger partial charge in [-0.25, -0.2) is 0 Å². The van der Waals surface area contributed by atoms with Gasteiger partial charge in [0.2, 0.25) is 0 Å². The Morgan fingerprint density at radius 1 is 1.77 bits per heavy atom. The lowest BCUT2D eigenvalue weighted by Crippen LogP contribution is -2.18. The van der Waals surface area contributed by atoms with Gasteiger partial charge < -0.3 is 5.73 Å². The molecule has 0 spiro atoms. The van der Waals surface area contributed by atoms with Crippen LogP contribution in [-0.4, -0.2) is 9.78 Å². The van der Waals surface area contributed by atoms with Crippen LogP contribution in [0.1, 0.15) is 31.5 Å². The van der Waals surface area contributed by atoms with Gasteiger partial charge in [0.1, 0.15) is 0 Å². The minimum absolute atomic E-state index is 0.0787. The van der Waals surface area contributed by atoms with Crippen molar-refractivity contribution in [3.63, 3.8) is 0 Å². The van der Waals surface area contributed by atoms with Gasteiger partial charge in [-0.15, -0.1) is 0 Å². The largest absolute Gasteiger partial charge is 0.322 e. The molecule has 1 atom stereocenters.